The standard InChI is InChI=1S/C74H116O6/c1-4-7-10-13-16-19-22-25-27-29-30-31-32-33-34-35-36-37-38-39-40-41-42-43-44-46-47-49-52-55-58-61-64-67-73(76)79-70-71(69-78-72(75)66-63-60-57-54-51-24-21-18-15-12-9-6-3)80-74(77)68-65-62-59-56-53-50-48-45-28-26-23-20-17-14-11-8-5-2/h7-8,10-11,16-21,25-28,30-31,33-34,36-37,39-40,42-43,48,50,56,59,71H,4-6,9,12-15,22-24,29,32,35,38,41,44-47,49,51-55,57-58,60-70H2,1-3H3/b10-7-,11-8-,19-16-,20-17-,21-18-,27-25-,28-26-,31-30-,34-33-,37-36-,40-39-,43-42-,50-48-,59-56-. The van der Waals surface area contributed by atoms with Gasteiger partial charge < -0.3 is 14.2 Å². The van der Waals surface area contributed by atoms with Crippen LogP contribution in [-0.4, -0.2) is 37.2 Å². The summed E-state index contributed by atoms with van der Waals surface area (Å²) in [5.74, 6) is -0.996. The molecule has 0 spiro atoms. The van der Waals surface area contributed by atoms with Gasteiger partial charge in [-0.1, -0.05) is 262 Å². The van der Waals surface area contributed by atoms with Gasteiger partial charge in [0.15, 0.2) is 6.10 Å². The molecule has 448 valence electrons. The first-order valence-corrected chi connectivity index (χ1v) is 32.1. The van der Waals surface area contributed by atoms with Crippen LogP contribution in [0.2, 0.25) is 0 Å². The van der Waals surface area contributed by atoms with Crippen molar-refractivity contribution in [3.05, 3.63) is 170 Å². The maximum absolute atomic E-state index is 12.9. The van der Waals surface area contributed by atoms with Crippen LogP contribution in [0.15, 0.2) is 170 Å². The number of unbranched alkanes of at least 4 members (excludes halogenated alkanes) is 17. The Morgan fingerprint density at radius 2 is 0.500 bits per heavy atom. The zero-order valence-electron chi connectivity index (χ0n) is 51.3. The third-order valence-electron chi connectivity index (χ3n) is 12.9. The molecule has 80 heavy (non-hydrogen) atoms. The first kappa shape index (κ1) is 74.8. The molecule has 1 unspecified atom stereocenters. The van der Waals surface area contributed by atoms with E-state index in [1.54, 1.807) is 0 Å². The monoisotopic (exact) mass is 1100 g/mol. The summed E-state index contributed by atoms with van der Waals surface area (Å²) in [5.41, 5.74) is 0. The second-order valence-corrected chi connectivity index (χ2v) is 20.5. The van der Waals surface area contributed by atoms with Crippen LogP contribution in [0.4, 0.5) is 0 Å². The van der Waals surface area contributed by atoms with E-state index in [-0.39, 0.29) is 37.5 Å². The molecule has 0 fully saturated rings. The van der Waals surface area contributed by atoms with E-state index in [1.165, 1.54) is 64.2 Å². The van der Waals surface area contributed by atoms with Crippen molar-refractivity contribution in [2.75, 3.05) is 13.2 Å². The summed E-state index contributed by atoms with van der Waals surface area (Å²) >= 11 is 0. The highest BCUT2D eigenvalue weighted by molar-refractivity contribution is 5.71. The summed E-state index contributed by atoms with van der Waals surface area (Å²) in [4.78, 5) is 38.2. The van der Waals surface area contributed by atoms with Gasteiger partial charge in [0.25, 0.3) is 0 Å². The Bertz CT molecular complexity index is 1840. The third-order valence-corrected chi connectivity index (χ3v) is 12.9. The van der Waals surface area contributed by atoms with Crippen molar-refractivity contribution in [3.63, 3.8) is 0 Å². The number of hydrogen-bond acceptors (Lipinski definition) is 6. The number of rotatable bonds is 56. The summed E-state index contributed by atoms with van der Waals surface area (Å²) in [5, 5.41) is 0. The predicted octanol–water partition coefficient (Wildman–Crippen LogP) is 22.3. The average Bonchev–Trinajstić information content (AvgIpc) is 3.46. The normalized spacial score (nSPS) is 13.3. The SMILES string of the molecule is CC/C=C\C/C=C\C/C=C\C/C=C\C/C=C\C/C=C\C/C=C\C/C=C\CCCCCCCCCCC(=O)OCC(COC(=O)CCCCCCC/C=C\CCCCC)OC(=O)CCC/C=C\C/C=C\C/C=C\C/C=C\C/C=C\CC. The highest BCUT2D eigenvalue weighted by atomic mass is 16.6. The van der Waals surface area contributed by atoms with Crippen LogP contribution in [0.1, 0.15) is 258 Å². The van der Waals surface area contributed by atoms with Crippen molar-refractivity contribution >= 4 is 17.9 Å². The van der Waals surface area contributed by atoms with Crippen molar-refractivity contribution < 1.29 is 28.6 Å². The molecule has 0 aliphatic carbocycles. The average molecular weight is 1100 g/mol. The molecule has 0 aromatic carbocycles. The van der Waals surface area contributed by atoms with Crippen LogP contribution in [0, 0.1) is 0 Å². The van der Waals surface area contributed by atoms with E-state index < -0.39 is 6.10 Å². The molecule has 6 nitrogen and oxygen atoms in total. The number of allylic oxidation sites excluding steroid dienone is 28. The molecule has 0 rings (SSSR count). The van der Waals surface area contributed by atoms with Crippen LogP contribution in [0.5, 0.6) is 0 Å². The van der Waals surface area contributed by atoms with E-state index in [2.05, 4.69) is 191 Å². The lowest BCUT2D eigenvalue weighted by Crippen LogP contribution is -2.30. The van der Waals surface area contributed by atoms with Gasteiger partial charge in [0, 0.05) is 19.3 Å². The van der Waals surface area contributed by atoms with Gasteiger partial charge in [-0.2, -0.15) is 0 Å². The summed E-state index contributed by atoms with van der Waals surface area (Å²) in [6.45, 7) is 6.31. The van der Waals surface area contributed by atoms with E-state index in [1.807, 2.05) is 0 Å². The van der Waals surface area contributed by atoms with E-state index in [4.69, 9.17) is 14.2 Å². The summed E-state index contributed by atoms with van der Waals surface area (Å²) < 4.78 is 16.8. The van der Waals surface area contributed by atoms with Crippen LogP contribution < -0.4 is 0 Å². The van der Waals surface area contributed by atoms with Crippen molar-refractivity contribution in [2.45, 2.75) is 264 Å². The van der Waals surface area contributed by atoms with Crippen molar-refractivity contribution in [1.82, 2.24) is 0 Å². The maximum Gasteiger partial charge on any atom is 0.306 e. The molecule has 0 aliphatic rings. The molecule has 6 heteroatoms. The lowest BCUT2D eigenvalue weighted by atomic mass is 10.1. The summed E-state index contributed by atoms with van der Waals surface area (Å²) in [6, 6.07) is 0. The Balaban J connectivity index is 4.35. The zero-order chi connectivity index (χ0) is 57.8. The number of carbonyl (C=O) groups is 3. The minimum Gasteiger partial charge on any atom is -0.462 e. The van der Waals surface area contributed by atoms with Crippen LogP contribution in [-0.2, 0) is 28.6 Å². The molecule has 1 atom stereocenters. The van der Waals surface area contributed by atoms with Gasteiger partial charge >= 0.3 is 17.9 Å². The van der Waals surface area contributed by atoms with Crippen LogP contribution in [0.3, 0.4) is 0 Å². The van der Waals surface area contributed by atoms with Gasteiger partial charge in [0.2, 0.25) is 0 Å². The summed E-state index contributed by atoms with van der Waals surface area (Å²) in [6.07, 6.45) is 98.0. The van der Waals surface area contributed by atoms with Crippen molar-refractivity contribution in [1.29, 1.82) is 0 Å². The van der Waals surface area contributed by atoms with Crippen molar-refractivity contribution in [2.24, 2.45) is 0 Å². The maximum atomic E-state index is 12.9. The second kappa shape index (κ2) is 66.3. The largest absolute Gasteiger partial charge is 0.462 e. The number of ether oxygens (including phenoxy) is 3. The highest BCUT2D eigenvalue weighted by Crippen LogP contribution is 2.14. The van der Waals surface area contributed by atoms with Gasteiger partial charge in [-0.3, -0.25) is 14.4 Å². The van der Waals surface area contributed by atoms with E-state index in [9.17, 15) is 14.4 Å². The van der Waals surface area contributed by atoms with Gasteiger partial charge in [0.05, 0.1) is 0 Å². The molecule has 0 N–H and O–H groups in total. The second-order valence-electron chi connectivity index (χ2n) is 20.5. The molecule has 0 aliphatic heterocycles. The fraction of sp³-hybridized carbons (Fsp3) is 0.581. The lowest BCUT2D eigenvalue weighted by Gasteiger charge is -2.18. The molecule has 0 aromatic rings. The zero-order valence-corrected chi connectivity index (χ0v) is 51.3. The first-order valence-electron chi connectivity index (χ1n) is 32.1. The third kappa shape index (κ3) is 63.6. The Labute approximate surface area is 492 Å². The quantitative estimate of drug-likeness (QED) is 0.0261. The van der Waals surface area contributed by atoms with E-state index in [0.717, 1.165) is 148 Å². The number of carbonyl (C=O) groups excluding carboxylic acids is 3. The number of hydrogen-bond donors (Lipinski definition) is 0. The molecule has 0 saturated heterocycles. The molecule has 0 bridgehead atoms. The predicted molar refractivity (Wildman–Crippen MR) is 348 cm³/mol. The smallest absolute Gasteiger partial charge is 0.306 e. The van der Waals surface area contributed by atoms with Crippen molar-refractivity contribution in [3.8, 4) is 0 Å². The number of esters is 3. The molecule has 0 radical (unpaired) electrons. The fourth-order valence-corrected chi connectivity index (χ4v) is 8.19. The minimum atomic E-state index is -0.823. The molecular formula is C74H116O6. The highest BCUT2D eigenvalue weighted by Gasteiger charge is 2.19. The van der Waals surface area contributed by atoms with Gasteiger partial charge in [0.1, 0.15) is 13.2 Å². The molecule has 0 saturated carbocycles. The van der Waals surface area contributed by atoms with E-state index >= 15 is 0 Å². The van der Waals surface area contributed by atoms with Crippen LogP contribution >= 0.6 is 0 Å². The van der Waals surface area contributed by atoms with Gasteiger partial charge in [-0.05, 0) is 148 Å². The van der Waals surface area contributed by atoms with Crippen LogP contribution in [0.25, 0.3) is 0 Å². The topological polar surface area (TPSA) is 78.9 Å². The Morgan fingerprint density at radius 1 is 0.263 bits per heavy atom. The summed E-state index contributed by atoms with van der Waals surface area (Å²) in [7, 11) is 0. The fourth-order valence-electron chi connectivity index (χ4n) is 8.19. The molecule has 0 heterocycles. The Morgan fingerprint density at radius 3 is 0.812 bits per heavy atom. The Kier molecular flexibility index (Phi) is 61.9. The van der Waals surface area contributed by atoms with E-state index in [0.29, 0.717) is 19.3 Å². The molecule has 0 amide bonds. The first-order chi connectivity index (χ1) is 39.5. The molecular weight excluding hydrogens is 985 g/mol. The Hall–Kier alpha value is -5.23. The van der Waals surface area contributed by atoms with Gasteiger partial charge in [-0.15, -0.1) is 0 Å². The minimum absolute atomic E-state index is 0.114. The molecule has 0 aromatic heterocycles. The van der Waals surface area contributed by atoms with Gasteiger partial charge in [-0.25, -0.2) is 0 Å². The lowest BCUT2D eigenvalue weighted by molar-refractivity contribution is -0.167.